The van der Waals surface area contributed by atoms with E-state index in [9.17, 15) is 0 Å². The molecule has 0 saturated heterocycles. The molecule has 7 aromatic carbocycles. The lowest BCUT2D eigenvalue weighted by Crippen LogP contribution is -2.10. The van der Waals surface area contributed by atoms with Crippen LogP contribution in [0.2, 0.25) is 0 Å². The van der Waals surface area contributed by atoms with Crippen molar-refractivity contribution < 1.29 is 4.42 Å². The number of benzene rings is 7. The van der Waals surface area contributed by atoms with Crippen LogP contribution in [0.25, 0.3) is 76.0 Å². The molecule has 0 unspecified atom stereocenters. The summed E-state index contributed by atoms with van der Waals surface area (Å²) in [5.74, 6) is 0.640. The molecule has 51 heavy (non-hydrogen) atoms. The molecule has 3 aromatic heterocycles. The fraction of sp³-hybridized carbons (Fsp3) is 0. The Hall–Kier alpha value is -6.56. The van der Waals surface area contributed by atoms with Crippen LogP contribution in [-0.2, 0) is 0 Å². The van der Waals surface area contributed by atoms with E-state index in [0.717, 1.165) is 67.1 Å². The zero-order valence-electron chi connectivity index (χ0n) is 27.4. The van der Waals surface area contributed by atoms with Crippen molar-refractivity contribution in [2.75, 3.05) is 4.90 Å². The van der Waals surface area contributed by atoms with E-state index in [-0.39, 0.29) is 0 Å². The van der Waals surface area contributed by atoms with Gasteiger partial charge in [-0.25, -0.2) is 9.97 Å². The first-order valence-corrected chi connectivity index (χ1v) is 17.8. The Morgan fingerprint density at radius 1 is 0.471 bits per heavy atom. The molecule has 5 heteroatoms. The van der Waals surface area contributed by atoms with E-state index in [1.165, 1.54) is 20.2 Å². The Morgan fingerprint density at radius 3 is 1.80 bits per heavy atom. The number of hydrogen-bond acceptors (Lipinski definition) is 5. The quantitative estimate of drug-likeness (QED) is 0.176. The monoisotopic (exact) mass is 671 g/mol. The van der Waals surface area contributed by atoms with Crippen molar-refractivity contribution in [2.45, 2.75) is 0 Å². The van der Waals surface area contributed by atoms with Gasteiger partial charge in [0, 0.05) is 54.7 Å². The Kier molecular flexibility index (Phi) is 6.96. The molecule has 0 N–H and O–H groups in total. The number of rotatable bonds is 6. The molecule has 0 bridgehead atoms. The molecule has 240 valence electrons. The molecule has 0 atom stereocenters. The smallest absolute Gasteiger partial charge is 0.161 e. The molecular formula is C46H29N3OS. The molecule has 3 heterocycles. The molecular weight excluding hydrogens is 643 g/mol. The Labute approximate surface area is 298 Å². The molecule has 0 amide bonds. The molecule has 0 saturated carbocycles. The van der Waals surface area contributed by atoms with Crippen LogP contribution in [0.1, 0.15) is 0 Å². The Balaban J connectivity index is 1.29. The summed E-state index contributed by atoms with van der Waals surface area (Å²) >= 11 is 1.82. The lowest BCUT2D eigenvalue weighted by Gasteiger charge is -2.26. The normalized spacial score (nSPS) is 11.5. The molecule has 0 aliphatic heterocycles. The lowest BCUT2D eigenvalue weighted by atomic mass is 10.0. The summed E-state index contributed by atoms with van der Waals surface area (Å²) in [6, 6.07) is 61.2. The summed E-state index contributed by atoms with van der Waals surface area (Å²) in [5, 5.41) is 4.53. The summed E-state index contributed by atoms with van der Waals surface area (Å²) in [6.45, 7) is 0. The summed E-state index contributed by atoms with van der Waals surface area (Å²) in [7, 11) is 0. The second kappa shape index (κ2) is 12.1. The van der Waals surface area contributed by atoms with Crippen molar-refractivity contribution >= 4 is 70.5 Å². The minimum Gasteiger partial charge on any atom is -0.456 e. The van der Waals surface area contributed by atoms with Gasteiger partial charge < -0.3 is 9.32 Å². The number of thiophene rings is 1. The maximum Gasteiger partial charge on any atom is 0.161 e. The summed E-state index contributed by atoms with van der Waals surface area (Å²) in [6.07, 6.45) is 0. The number of furan rings is 1. The number of hydrogen-bond donors (Lipinski definition) is 0. The fourth-order valence-corrected chi connectivity index (χ4v) is 8.35. The minimum absolute atomic E-state index is 0.640. The van der Waals surface area contributed by atoms with E-state index < -0.39 is 0 Å². The van der Waals surface area contributed by atoms with Gasteiger partial charge in [0.25, 0.3) is 0 Å². The molecule has 0 radical (unpaired) electrons. The third-order valence-corrected chi connectivity index (χ3v) is 10.7. The second-order valence-corrected chi connectivity index (χ2v) is 13.6. The topological polar surface area (TPSA) is 42.2 Å². The third kappa shape index (κ3) is 5.06. The number of para-hydroxylation sites is 2. The van der Waals surface area contributed by atoms with E-state index in [4.69, 9.17) is 14.4 Å². The van der Waals surface area contributed by atoms with E-state index >= 15 is 0 Å². The molecule has 0 aliphatic rings. The standard InChI is InChI=1S/C46H29N3OS/c1-4-15-30(16-5-1)38-29-39(31-17-6-2-7-18-31)48-46(47-38)37-27-33(28-42-44(37)36-22-10-12-25-41(36)50-42)49(32-19-8-3-9-20-32)40-24-14-23-35-34-21-11-13-26-43(34)51-45(35)40/h1-29H. The fourth-order valence-electron chi connectivity index (χ4n) is 7.14. The minimum atomic E-state index is 0.640. The van der Waals surface area contributed by atoms with Crippen molar-refractivity contribution in [3.05, 3.63) is 176 Å². The average molecular weight is 672 g/mol. The van der Waals surface area contributed by atoms with Gasteiger partial charge in [0.2, 0.25) is 0 Å². The second-order valence-electron chi connectivity index (χ2n) is 12.6. The van der Waals surface area contributed by atoms with Crippen LogP contribution in [-0.4, -0.2) is 9.97 Å². The largest absolute Gasteiger partial charge is 0.456 e. The Bertz CT molecular complexity index is 2800. The van der Waals surface area contributed by atoms with E-state index in [1.807, 2.05) is 59.9 Å². The van der Waals surface area contributed by atoms with Gasteiger partial charge in [-0.3, -0.25) is 0 Å². The molecule has 0 fully saturated rings. The van der Waals surface area contributed by atoms with Gasteiger partial charge in [-0.15, -0.1) is 11.3 Å². The SMILES string of the molecule is c1ccc(-c2cc(-c3ccccc3)nc(-c3cc(N(c4ccccc4)c4cccc5c4sc4ccccc45)cc4oc5ccccc5c34)n2)cc1. The highest BCUT2D eigenvalue weighted by molar-refractivity contribution is 7.26. The first kappa shape index (κ1) is 29.4. The van der Waals surface area contributed by atoms with Crippen molar-refractivity contribution in [2.24, 2.45) is 0 Å². The highest BCUT2D eigenvalue weighted by atomic mass is 32.1. The van der Waals surface area contributed by atoms with Crippen LogP contribution in [0, 0.1) is 0 Å². The van der Waals surface area contributed by atoms with Gasteiger partial charge in [0.15, 0.2) is 5.82 Å². The van der Waals surface area contributed by atoms with Crippen LogP contribution in [0.4, 0.5) is 17.1 Å². The average Bonchev–Trinajstić information content (AvgIpc) is 3.78. The zero-order chi connectivity index (χ0) is 33.7. The van der Waals surface area contributed by atoms with Gasteiger partial charge in [-0.2, -0.15) is 0 Å². The first-order valence-electron chi connectivity index (χ1n) is 17.0. The molecule has 0 aliphatic carbocycles. The summed E-state index contributed by atoms with van der Waals surface area (Å²) in [4.78, 5) is 12.9. The van der Waals surface area contributed by atoms with Crippen molar-refractivity contribution in [1.82, 2.24) is 9.97 Å². The number of nitrogens with zero attached hydrogens (tertiary/aromatic N) is 3. The van der Waals surface area contributed by atoms with Crippen LogP contribution >= 0.6 is 11.3 Å². The van der Waals surface area contributed by atoms with E-state index in [0.29, 0.717) is 5.82 Å². The predicted molar refractivity (Wildman–Crippen MR) is 213 cm³/mol. The van der Waals surface area contributed by atoms with Crippen LogP contribution < -0.4 is 4.90 Å². The predicted octanol–water partition coefficient (Wildman–Crippen LogP) is 13.2. The lowest BCUT2D eigenvalue weighted by molar-refractivity contribution is 0.669. The van der Waals surface area contributed by atoms with Gasteiger partial charge in [0.1, 0.15) is 11.2 Å². The molecule has 0 spiro atoms. The third-order valence-electron chi connectivity index (χ3n) is 9.47. The molecule has 4 nitrogen and oxygen atoms in total. The van der Waals surface area contributed by atoms with Gasteiger partial charge in [-0.05, 0) is 42.5 Å². The van der Waals surface area contributed by atoms with Crippen LogP contribution in [0.5, 0.6) is 0 Å². The number of fused-ring (bicyclic) bond motifs is 6. The van der Waals surface area contributed by atoms with Crippen molar-refractivity contribution in [3.63, 3.8) is 0 Å². The molecule has 10 aromatic rings. The van der Waals surface area contributed by atoms with Crippen LogP contribution in [0.15, 0.2) is 180 Å². The molecule has 10 rings (SSSR count). The summed E-state index contributed by atoms with van der Waals surface area (Å²) < 4.78 is 9.15. The van der Waals surface area contributed by atoms with Gasteiger partial charge >= 0.3 is 0 Å². The number of anilines is 3. The summed E-state index contributed by atoms with van der Waals surface area (Å²) in [5.41, 5.74) is 9.42. The van der Waals surface area contributed by atoms with Crippen molar-refractivity contribution in [3.8, 4) is 33.9 Å². The van der Waals surface area contributed by atoms with Crippen molar-refractivity contribution in [1.29, 1.82) is 0 Å². The zero-order valence-corrected chi connectivity index (χ0v) is 28.2. The van der Waals surface area contributed by atoms with Gasteiger partial charge in [0.05, 0.1) is 27.5 Å². The Morgan fingerprint density at radius 2 is 1.08 bits per heavy atom. The highest BCUT2D eigenvalue weighted by Gasteiger charge is 2.23. The maximum atomic E-state index is 6.66. The maximum absolute atomic E-state index is 6.66. The highest BCUT2D eigenvalue weighted by Crippen LogP contribution is 2.47. The van der Waals surface area contributed by atoms with Gasteiger partial charge in [-0.1, -0.05) is 127 Å². The van der Waals surface area contributed by atoms with E-state index in [1.54, 1.807) is 0 Å². The van der Waals surface area contributed by atoms with E-state index in [2.05, 4.69) is 132 Å². The number of aromatic nitrogens is 2. The first-order chi connectivity index (χ1) is 25.3. The van der Waals surface area contributed by atoms with Crippen LogP contribution in [0.3, 0.4) is 0 Å².